The molecular weight excluding hydrogens is 172 g/mol. The molecule has 3 heterocycles. The van der Waals surface area contributed by atoms with Crippen LogP contribution >= 0.6 is 0 Å². The molecule has 2 aromatic heterocycles. The first-order chi connectivity index (χ1) is 5.77. The highest BCUT2D eigenvalue weighted by molar-refractivity contribution is 6.39. The molecule has 0 unspecified atom stereocenters. The highest BCUT2D eigenvalue weighted by Crippen LogP contribution is 2.32. The van der Waals surface area contributed by atoms with Gasteiger partial charge in [0, 0.05) is 0 Å². The van der Waals surface area contributed by atoms with Gasteiger partial charge in [-0.15, -0.1) is 0 Å². The Morgan fingerprint density at radius 2 is 2.33 bits per heavy atom. The van der Waals surface area contributed by atoms with Crippen molar-refractivity contribution in [2.24, 2.45) is 0 Å². The van der Waals surface area contributed by atoms with Gasteiger partial charge in [0.1, 0.15) is 23.3 Å². The van der Waals surface area contributed by atoms with Gasteiger partial charge in [0.2, 0.25) is 0 Å². The number of cyclic esters (lactones) is 1. The molecule has 3 rings (SSSR count). The lowest BCUT2D eigenvalue weighted by Crippen LogP contribution is -2.04. The van der Waals surface area contributed by atoms with Crippen molar-refractivity contribution in [1.29, 1.82) is 0 Å². The number of furan rings is 2. The monoisotopic (exact) mass is 175 g/mol. The lowest BCUT2D eigenvalue weighted by atomic mass is 10.1. The molecular formula is C8H3O3Si. The molecule has 1 aliphatic rings. The van der Waals surface area contributed by atoms with E-state index < -0.39 is 0 Å². The zero-order valence-corrected chi connectivity index (χ0v) is 7.01. The summed E-state index contributed by atoms with van der Waals surface area (Å²) in [5.74, 6) is -0.279. The number of hydrogen-bond donors (Lipinski definition) is 0. The second-order valence-electron chi connectivity index (χ2n) is 2.78. The van der Waals surface area contributed by atoms with Crippen LogP contribution in [0.5, 0.6) is 0 Å². The Morgan fingerprint density at radius 1 is 1.50 bits per heavy atom. The third-order valence-corrected chi connectivity index (χ3v) is 2.48. The summed E-state index contributed by atoms with van der Waals surface area (Å²) < 4.78 is 10.2. The van der Waals surface area contributed by atoms with Gasteiger partial charge in [-0.05, 0) is 11.3 Å². The number of esters is 1. The third-order valence-electron chi connectivity index (χ3n) is 2.11. The molecule has 0 amide bonds. The van der Waals surface area contributed by atoms with Gasteiger partial charge in [-0.2, -0.15) is 0 Å². The van der Waals surface area contributed by atoms with Gasteiger partial charge in [0.05, 0.1) is 15.8 Å². The van der Waals surface area contributed by atoms with Gasteiger partial charge in [0.25, 0.3) is 0 Å². The number of carbonyl (C=O) groups excluding carboxylic acids is 1. The number of carbonyl (C=O) groups is 1. The number of hydrogen-bond acceptors (Lipinski definition) is 3. The first-order valence-corrected chi connectivity index (χ1v) is 4.04. The molecule has 0 fully saturated rings. The van der Waals surface area contributed by atoms with E-state index in [1.165, 1.54) is 0 Å². The SMILES string of the molecule is O=C1OCc2c1c1oc2cc1[Si]. The molecule has 0 aliphatic carbocycles. The molecule has 0 saturated heterocycles. The van der Waals surface area contributed by atoms with Crippen molar-refractivity contribution in [1.82, 2.24) is 0 Å². The van der Waals surface area contributed by atoms with Crippen LogP contribution in [0.2, 0.25) is 0 Å². The summed E-state index contributed by atoms with van der Waals surface area (Å²) in [4.78, 5) is 11.1. The smallest absolute Gasteiger partial charge is 0.342 e. The Morgan fingerprint density at radius 3 is 3.17 bits per heavy atom. The molecule has 3 nitrogen and oxygen atoms in total. The molecule has 1 aliphatic heterocycles. The van der Waals surface area contributed by atoms with Crippen molar-refractivity contribution in [3.05, 3.63) is 17.2 Å². The molecule has 0 spiro atoms. The fourth-order valence-corrected chi connectivity index (χ4v) is 1.86. The summed E-state index contributed by atoms with van der Waals surface area (Å²) in [6.07, 6.45) is 0. The fraction of sp³-hybridized carbons (Fsp3) is 0.125. The van der Waals surface area contributed by atoms with Crippen molar-refractivity contribution >= 4 is 32.6 Å². The first kappa shape index (κ1) is 6.25. The number of fused-ring (bicyclic) bond motifs is 5. The molecule has 0 atom stereocenters. The van der Waals surface area contributed by atoms with Crippen LogP contribution in [-0.4, -0.2) is 16.2 Å². The topological polar surface area (TPSA) is 39.4 Å². The average Bonchev–Trinajstić information content (AvgIpc) is 2.62. The number of rotatable bonds is 0. The Bertz CT molecular complexity index is 471. The van der Waals surface area contributed by atoms with Crippen LogP contribution in [0.15, 0.2) is 10.5 Å². The van der Waals surface area contributed by atoms with E-state index in [9.17, 15) is 4.79 Å². The normalized spacial score (nSPS) is 15.6. The van der Waals surface area contributed by atoms with Crippen molar-refractivity contribution in [2.45, 2.75) is 6.61 Å². The summed E-state index contributed by atoms with van der Waals surface area (Å²) in [7, 11) is 3.35. The van der Waals surface area contributed by atoms with Gasteiger partial charge >= 0.3 is 5.97 Å². The lowest BCUT2D eigenvalue weighted by molar-refractivity contribution is 0.0534. The molecule has 2 bridgehead atoms. The van der Waals surface area contributed by atoms with E-state index in [4.69, 9.17) is 9.15 Å². The van der Waals surface area contributed by atoms with Gasteiger partial charge in [-0.1, -0.05) is 0 Å². The summed E-state index contributed by atoms with van der Waals surface area (Å²) in [5, 5.41) is 0.822. The van der Waals surface area contributed by atoms with E-state index in [1.807, 2.05) is 6.07 Å². The summed E-state index contributed by atoms with van der Waals surface area (Å²) in [6, 6.07) is 1.85. The highest BCUT2D eigenvalue weighted by atomic mass is 28.1. The minimum atomic E-state index is -0.279. The Hall–Kier alpha value is -1.29. The van der Waals surface area contributed by atoms with Gasteiger partial charge < -0.3 is 9.15 Å². The van der Waals surface area contributed by atoms with E-state index in [0.29, 0.717) is 17.8 Å². The van der Waals surface area contributed by atoms with Crippen LogP contribution in [0.4, 0.5) is 0 Å². The Kier molecular flexibility index (Phi) is 0.894. The summed E-state index contributed by atoms with van der Waals surface area (Å²) in [5.41, 5.74) is 2.84. The Balaban J connectivity index is 2.49. The number of ether oxygens (including phenoxy) is 1. The van der Waals surface area contributed by atoms with Crippen LogP contribution in [0, 0.1) is 0 Å². The Labute approximate surface area is 71.1 Å². The van der Waals surface area contributed by atoms with Crippen LogP contribution in [0.25, 0.3) is 11.2 Å². The standard InChI is InChI=1S/C8H3O3Si/c9-8-6-3(2-10-8)4-1-5(12)7(6)11-4/h1H,2H2. The molecule has 0 saturated carbocycles. The predicted octanol–water partition coefficient (Wildman–Crippen LogP) is 0.335. The molecule has 2 aromatic rings. The predicted molar refractivity (Wildman–Crippen MR) is 41.9 cm³/mol. The lowest BCUT2D eigenvalue weighted by Gasteiger charge is -1.88. The first-order valence-electron chi connectivity index (χ1n) is 3.54. The maximum Gasteiger partial charge on any atom is 0.342 e. The van der Waals surface area contributed by atoms with Crippen LogP contribution in [0.1, 0.15) is 15.9 Å². The summed E-state index contributed by atoms with van der Waals surface area (Å²) >= 11 is 0. The number of benzene rings is 1. The fourth-order valence-electron chi connectivity index (χ4n) is 1.55. The molecule has 0 N–H and O–H groups in total. The summed E-state index contributed by atoms with van der Waals surface area (Å²) in [6.45, 7) is 0.350. The van der Waals surface area contributed by atoms with Gasteiger partial charge in [-0.3, -0.25) is 0 Å². The minimum absolute atomic E-state index is 0.279. The molecule has 0 aromatic carbocycles. The van der Waals surface area contributed by atoms with E-state index >= 15 is 0 Å². The molecule has 3 radical (unpaired) electrons. The quantitative estimate of drug-likeness (QED) is 0.428. The maximum absolute atomic E-state index is 11.1. The van der Waals surface area contributed by atoms with Crippen molar-refractivity contribution in [3.8, 4) is 0 Å². The van der Waals surface area contributed by atoms with E-state index in [-0.39, 0.29) is 5.97 Å². The molecule has 57 valence electrons. The zero-order chi connectivity index (χ0) is 8.29. The maximum atomic E-state index is 11.1. The van der Waals surface area contributed by atoms with E-state index in [0.717, 1.165) is 16.3 Å². The van der Waals surface area contributed by atoms with Crippen LogP contribution < -0.4 is 5.19 Å². The second kappa shape index (κ2) is 1.72. The van der Waals surface area contributed by atoms with Crippen molar-refractivity contribution in [3.63, 3.8) is 0 Å². The third kappa shape index (κ3) is 0.514. The average molecular weight is 175 g/mol. The van der Waals surface area contributed by atoms with E-state index in [2.05, 4.69) is 10.2 Å². The minimum Gasteiger partial charge on any atom is -0.457 e. The van der Waals surface area contributed by atoms with Crippen molar-refractivity contribution in [2.75, 3.05) is 0 Å². The van der Waals surface area contributed by atoms with Crippen LogP contribution in [0.3, 0.4) is 0 Å². The highest BCUT2D eigenvalue weighted by Gasteiger charge is 2.31. The largest absolute Gasteiger partial charge is 0.457 e. The molecule has 12 heavy (non-hydrogen) atoms. The zero-order valence-electron chi connectivity index (χ0n) is 6.01. The second-order valence-corrected chi connectivity index (χ2v) is 3.32. The van der Waals surface area contributed by atoms with Gasteiger partial charge in [0.15, 0.2) is 0 Å². The van der Waals surface area contributed by atoms with Gasteiger partial charge in [-0.25, -0.2) is 4.79 Å². The van der Waals surface area contributed by atoms with Crippen molar-refractivity contribution < 1.29 is 13.9 Å². The molecule has 4 heteroatoms. The van der Waals surface area contributed by atoms with Crippen LogP contribution in [-0.2, 0) is 11.3 Å². The van der Waals surface area contributed by atoms with E-state index in [1.54, 1.807) is 0 Å².